The van der Waals surface area contributed by atoms with Gasteiger partial charge in [0, 0.05) is 39.3 Å². The van der Waals surface area contributed by atoms with Crippen LogP contribution in [0.1, 0.15) is 35.4 Å². The van der Waals surface area contributed by atoms with E-state index in [0.29, 0.717) is 37.9 Å². The third-order valence-electron chi connectivity index (χ3n) is 11.2. The number of nitrogens with one attached hydrogen (secondary N) is 1. The number of aromatic nitrogens is 1. The lowest BCUT2D eigenvalue weighted by molar-refractivity contribution is -0.384. The largest absolute Gasteiger partial charge is 0.508 e. The molecule has 6 atom stereocenters. The van der Waals surface area contributed by atoms with Gasteiger partial charge in [-0.05, 0) is 66.8 Å². The molecular formula is C38H25BrCl2F3N5O7. The Morgan fingerprint density at radius 1 is 0.964 bits per heavy atom. The number of aromatic hydroxyl groups is 1. The SMILES string of the molecule is O=C1C2CC3C(=CCC4C(=O)N(c5cccc([N+](=O)[O-])c5)C(=O)C43)C(c3cc(Br)ccc3O)C2(c2ccc(Cl)cc2)C(=O)N1Nc1ncc(C(F)(F)F)cc1Cl. The van der Waals surface area contributed by atoms with Crippen molar-refractivity contribution < 1.29 is 42.4 Å². The minimum absolute atomic E-state index is 0.000992. The molecule has 1 saturated carbocycles. The highest BCUT2D eigenvalue weighted by Crippen LogP contribution is 2.65. The summed E-state index contributed by atoms with van der Waals surface area (Å²) < 4.78 is 40.9. The number of hydrogen-bond donors (Lipinski definition) is 2. The van der Waals surface area contributed by atoms with E-state index in [0.717, 1.165) is 11.0 Å². The lowest BCUT2D eigenvalue weighted by Gasteiger charge is -2.50. The van der Waals surface area contributed by atoms with Gasteiger partial charge < -0.3 is 5.11 Å². The molecule has 12 nitrogen and oxygen atoms in total. The smallest absolute Gasteiger partial charge is 0.417 e. The van der Waals surface area contributed by atoms with Crippen molar-refractivity contribution in [1.29, 1.82) is 0 Å². The molecule has 0 radical (unpaired) electrons. The lowest BCUT2D eigenvalue weighted by Crippen LogP contribution is -2.53. The molecular weight excluding hydrogens is 846 g/mol. The van der Waals surface area contributed by atoms with E-state index in [2.05, 4.69) is 26.3 Å². The molecule has 3 heterocycles. The maximum atomic E-state index is 15.3. The van der Waals surface area contributed by atoms with Gasteiger partial charge in [-0.2, -0.15) is 18.2 Å². The Bertz CT molecular complexity index is 2430. The zero-order chi connectivity index (χ0) is 40.0. The van der Waals surface area contributed by atoms with Crippen molar-refractivity contribution in [1.82, 2.24) is 9.99 Å². The van der Waals surface area contributed by atoms with Crippen LogP contribution in [0.15, 0.2) is 95.1 Å². The van der Waals surface area contributed by atoms with Gasteiger partial charge in [0.2, 0.25) is 11.8 Å². The van der Waals surface area contributed by atoms with E-state index in [1.54, 1.807) is 30.3 Å². The van der Waals surface area contributed by atoms with Crippen molar-refractivity contribution in [2.45, 2.75) is 30.4 Å². The van der Waals surface area contributed by atoms with Crippen LogP contribution in [0.3, 0.4) is 0 Å². The van der Waals surface area contributed by atoms with E-state index < -0.39 is 86.1 Å². The molecule has 2 aliphatic heterocycles. The predicted octanol–water partition coefficient (Wildman–Crippen LogP) is 7.97. The highest BCUT2D eigenvalue weighted by atomic mass is 79.9. The number of rotatable bonds is 6. The second-order valence-corrected chi connectivity index (χ2v) is 15.7. The van der Waals surface area contributed by atoms with Gasteiger partial charge in [0.15, 0.2) is 5.82 Å². The Hall–Kier alpha value is -5.32. The number of nitro benzene ring substituents is 1. The van der Waals surface area contributed by atoms with Gasteiger partial charge in [0.05, 0.1) is 44.4 Å². The fourth-order valence-corrected chi connectivity index (χ4v) is 9.60. The van der Waals surface area contributed by atoms with E-state index in [1.165, 1.54) is 36.4 Å². The first kappa shape index (κ1) is 37.6. The molecule has 4 aliphatic rings. The highest BCUT2D eigenvalue weighted by molar-refractivity contribution is 9.10. The number of alkyl halides is 3. The number of non-ortho nitro benzene ring substituents is 1. The number of nitrogens with zero attached hydrogens (tertiary/aromatic N) is 4. The average molecular weight is 871 g/mol. The molecule has 56 heavy (non-hydrogen) atoms. The number of anilines is 2. The van der Waals surface area contributed by atoms with E-state index in [4.69, 9.17) is 23.2 Å². The summed E-state index contributed by atoms with van der Waals surface area (Å²) in [5, 5.41) is 23.5. The molecule has 18 heteroatoms. The zero-order valence-electron chi connectivity index (χ0n) is 28.3. The summed E-state index contributed by atoms with van der Waals surface area (Å²) in [4.78, 5) is 74.2. The molecule has 6 unspecified atom stereocenters. The first-order valence-electron chi connectivity index (χ1n) is 17.0. The minimum Gasteiger partial charge on any atom is -0.508 e. The summed E-state index contributed by atoms with van der Waals surface area (Å²) in [6, 6.07) is 16.5. The van der Waals surface area contributed by atoms with Crippen molar-refractivity contribution in [2.24, 2.45) is 23.7 Å². The summed E-state index contributed by atoms with van der Waals surface area (Å²) in [6.45, 7) is 0. The van der Waals surface area contributed by atoms with Crippen LogP contribution >= 0.6 is 39.1 Å². The number of phenols is 1. The van der Waals surface area contributed by atoms with Gasteiger partial charge in [-0.1, -0.05) is 69.0 Å². The molecule has 2 aliphatic carbocycles. The van der Waals surface area contributed by atoms with Gasteiger partial charge in [-0.25, -0.2) is 9.88 Å². The molecule has 2 saturated heterocycles. The molecule has 3 aromatic carbocycles. The number of fused-ring (bicyclic) bond motifs is 4. The van der Waals surface area contributed by atoms with E-state index in [1.807, 2.05) is 0 Å². The Morgan fingerprint density at radius 3 is 2.38 bits per heavy atom. The fourth-order valence-electron chi connectivity index (χ4n) is 8.88. The normalized spacial score (nSPS) is 25.8. The van der Waals surface area contributed by atoms with Crippen molar-refractivity contribution in [3.8, 4) is 5.75 Å². The molecule has 286 valence electrons. The Kier molecular flexibility index (Phi) is 9.01. The van der Waals surface area contributed by atoms with Crippen LogP contribution in [0.25, 0.3) is 0 Å². The predicted molar refractivity (Wildman–Crippen MR) is 198 cm³/mol. The van der Waals surface area contributed by atoms with Gasteiger partial charge in [0.25, 0.3) is 17.5 Å². The number of hydrazine groups is 1. The summed E-state index contributed by atoms with van der Waals surface area (Å²) in [7, 11) is 0. The number of hydrogen-bond acceptors (Lipinski definition) is 9. The molecule has 8 rings (SSSR count). The molecule has 4 amide bonds. The number of benzene rings is 3. The van der Waals surface area contributed by atoms with Gasteiger partial charge in [-0.3, -0.25) is 34.7 Å². The van der Waals surface area contributed by atoms with Crippen molar-refractivity contribution in [3.05, 3.63) is 132 Å². The quantitative estimate of drug-likeness (QED) is 0.0847. The van der Waals surface area contributed by atoms with E-state index >= 15 is 4.79 Å². The van der Waals surface area contributed by atoms with Crippen LogP contribution in [-0.2, 0) is 30.8 Å². The van der Waals surface area contributed by atoms with Crippen LogP contribution in [0.5, 0.6) is 5.75 Å². The molecule has 2 N–H and O–H groups in total. The van der Waals surface area contributed by atoms with Crippen LogP contribution < -0.4 is 10.3 Å². The highest BCUT2D eigenvalue weighted by Gasteiger charge is 2.70. The van der Waals surface area contributed by atoms with E-state index in [9.17, 15) is 42.8 Å². The summed E-state index contributed by atoms with van der Waals surface area (Å²) in [5.41, 5.74) is 0.185. The van der Waals surface area contributed by atoms with Gasteiger partial charge >= 0.3 is 6.18 Å². The Balaban J connectivity index is 1.31. The number of carbonyl (C=O) groups excluding carboxylic acids is 4. The van der Waals surface area contributed by atoms with Gasteiger partial charge in [0.1, 0.15) is 5.75 Å². The zero-order valence-corrected chi connectivity index (χ0v) is 31.4. The number of halogens is 6. The summed E-state index contributed by atoms with van der Waals surface area (Å²) >= 11 is 16.0. The maximum Gasteiger partial charge on any atom is 0.417 e. The molecule has 0 spiro atoms. The first-order chi connectivity index (χ1) is 26.5. The van der Waals surface area contributed by atoms with Crippen LogP contribution in [0.2, 0.25) is 10.0 Å². The second kappa shape index (κ2) is 13.4. The lowest BCUT2D eigenvalue weighted by atomic mass is 9.49. The minimum atomic E-state index is -4.78. The maximum absolute atomic E-state index is 15.3. The number of allylic oxidation sites excluding steroid dienone is 2. The monoisotopic (exact) mass is 869 g/mol. The van der Waals surface area contributed by atoms with Crippen LogP contribution in [-0.4, -0.2) is 43.7 Å². The van der Waals surface area contributed by atoms with Crippen LogP contribution in [0, 0.1) is 33.8 Å². The number of pyridine rings is 1. The Morgan fingerprint density at radius 2 is 1.70 bits per heavy atom. The third-order valence-corrected chi connectivity index (χ3v) is 12.2. The molecule has 0 bridgehead atoms. The fraction of sp³-hybridized carbons (Fsp3) is 0.237. The topological polar surface area (TPSA) is 163 Å². The summed E-state index contributed by atoms with van der Waals surface area (Å²) in [6.07, 6.45) is -2.69. The van der Waals surface area contributed by atoms with Crippen LogP contribution in [0.4, 0.5) is 30.4 Å². The number of carbonyl (C=O) groups is 4. The first-order valence-corrected chi connectivity index (χ1v) is 18.5. The van der Waals surface area contributed by atoms with Gasteiger partial charge in [-0.15, -0.1) is 0 Å². The number of nitro groups is 1. The number of amides is 4. The average Bonchev–Trinajstić information content (AvgIpc) is 3.54. The molecule has 1 aromatic heterocycles. The van der Waals surface area contributed by atoms with Crippen molar-refractivity contribution in [2.75, 3.05) is 10.3 Å². The number of phenolic OH excluding ortho intramolecular Hbond substituents is 1. The molecule has 4 aromatic rings. The van der Waals surface area contributed by atoms with E-state index in [-0.39, 0.29) is 35.5 Å². The van der Waals surface area contributed by atoms with Crippen molar-refractivity contribution >= 4 is 80.0 Å². The number of imide groups is 2. The Labute approximate surface area is 333 Å². The second-order valence-electron chi connectivity index (χ2n) is 13.9. The molecule has 3 fully saturated rings. The van der Waals surface area contributed by atoms with Crippen molar-refractivity contribution in [3.63, 3.8) is 0 Å². The summed E-state index contributed by atoms with van der Waals surface area (Å²) in [5.74, 6) is -8.95. The standard InChI is InChI=1S/C38H25BrCl2F3N5O7/c39-19-6-11-29(50)26(13-19)31-23-9-10-24-30(35(53)47(33(24)51)21-2-1-3-22(14-21)49(55)56)25(23)15-27-34(52)48(36(54)37(27,31)17-4-7-20(40)8-5-17)46-32-28(41)12-18(16-45-32)38(42,43)44/h1-9,11-14,16,24-25,27,30-31,50H,10,15H2,(H,45,46). The third kappa shape index (κ3) is 5.67.